The highest BCUT2D eigenvalue weighted by molar-refractivity contribution is 8.00. The highest BCUT2D eigenvalue weighted by Gasteiger charge is 2.22. The summed E-state index contributed by atoms with van der Waals surface area (Å²) in [7, 11) is 1.76. The van der Waals surface area contributed by atoms with Gasteiger partial charge in [0.25, 0.3) is 17.4 Å². The minimum atomic E-state index is -0.571. The second-order valence-electron chi connectivity index (χ2n) is 10.7. The molecule has 0 radical (unpaired) electrons. The molecule has 1 heterocycles. The molecule has 1 atom stereocenters. The van der Waals surface area contributed by atoms with Gasteiger partial charge >= 0.3 is 0 Å². The molecule has 1 unspecified atom stereocenters. The van der Waals surface area contributed by atoms with Crippen molar-refractivity contribution in [3.05, 3.63) is 146 Å². The van der Waals surface area contributed by atoms with Gasteiger partial charge in [0.2, 0.25) is 5.91 Å². The number of halogens is 2. The molecule has 0 spiro atoms. The zero-order valence-corrected chi connectivity index (χ0v) is 28.5. The lowest BCUT2D eigenvalue weighted by atomic mass is 10.1. The van der Waals surface area contributed by atoms with Gasteiger partial charge in [-0.3, -0.25) is 23.9 Å². The third kappa shape index (κ3) is 8.09. The van der Waals surface area contributed by atoms with E-state index in [-0.39, 0.29) is 22.9 Å². The van der Waals surface area contributed by atoms with Crippen molar-refractivity contribution < 1.29 is 14.4 Å². The van der Waals surface area contributed by atoms with Crippen molar-refractivity contribution >= 4 is 70.1 Å². The Morgan fingerprint density at radius 3 is 2.15 bits per heavy atom. The lowest BCUT2D eigenvalue weighted by molar-refractivity contribution is -0.115. The maximum Gasteiger partial charge on any atom is 0.295 e. The van der Waals surface area contributed by atoms with Gasteiger partial charge in [0.05, 0.1) is 16.6 Å². The fraction of sp³-hybridized carbons (Fsp3) is 0.111. The lowest BCUT2D eigenvalue weighted by Gasteiger charge is -2.13. The van der Waals surface area contributed by atoms with Crippen molar-refractivity contribution in [2.45, 2.75) is 24.0 Å². The zero-order chi connectivity index (χ0) is 34.4. The summed E-state index contributed by atoms with van der Waals surface area (Å²) >= 11 is 13.7. The average Bonchev–Trinajstić information content (AvgIpc) is 3.29. The van der Waals surface area contributed by atoms with Crippen LogP contribution in [0.2, 0.25) is 10.0 Å². The number of aromatic nitrogens is 2. The van der Waals surface area contributed by atoms with E-state index in [1.807, 2.05) is 30.3 Å². The largest absolute Gasteiger partial charge is 0.321 e. The van der Waals surface area contributed by atoms with Gasteiger partial charge in [0.15, 0.2) is 0 Å². The van der Waals surface area contributed by atoms with Crippen molar-refractivity contribution in [1.29, 1.82) is 0 Å². The van der Waals surface area contributed by atoms with E-state index in [0.29, 0.717) is 38.2 Å². The van der Waals surface area contributed by atoms with Gasteiger partial charge in [-0.1, -0.05) is 65.7 Å². The van der Waals surface area contributed by atoms with E-state index in [1.165, 1.54) is 22.5 Å². The van der Waals surface area contributed by atoms with Crippen LogP contribution in [0.5, 0.6) is 0 Å². The summed E-state index contributed by atoms with van der Waals surface area (Å²) in [6, 6.07) is 29.5. The minimum absolute atomic E-state index is 0.0284. The SMILES string of the molecule is Cc1c(NC(=O)C(C)Sc2ccc(NC(=O)/C(=C/c3ccc(Cl)cc3Cl)NC(=O)c3ccccc3)cc2)c(=O)n(-c2ccccc2)n1C. The van der Waals surface area contributed by atoms with Crippen LogP contribution in [-0.2, 0) is 16.6 Å². The Labute approximate surface area is 291 Å². The normalized spacial score (nSPS) is 11.9. The molecule has 0 saturated heterocycles. The predicted octanol–water partition coefficient (Wildman–Crippen LogP) is 7.32. The molecule has 0 fully saturated rings. The van der Waals surface area contributed by atoms with Crippen LogP contribution < -0.4 is 21.5 Å². The number of nitrogens with zero attached hydrogens (tertiary/aromatic N) is 2. The molecule has 0 bridgehead atoms. The van der Waals surface area contributed by atoms with E-state index < -0.39 is 17.1 Å². The first kappa shape index (κ1) is 34.3. The van der Waals surface area contributed by atoms with Crippen molar-refractivity contribution in [3.8, 4) is 5.69 Å². The molecular weight excluding hydrogens is 669 g/mol. The molecule has 0 aliphatic rings. The van der Waals surface area contributed by atoms with Crippen molar-refractivity contribution in [2.24, 2.45) is 7.05 Å². The topological polar surface area (TPSA) is 114 Å². The summed E-state index contributed by atoms with van der Waals surface area (Å²) in [5, 5.41) is 8.49. The van der Waals surface area contributed by atoms with Gasteiger partial charge in [0, 0.05) is 33.2 Å². The molecule has 0 saturated carbocycles. The summed E-state index contributed by atoms with van der Waals surface area (Å²) in [6.07, 6.45) is 1.47. The second-order valence-corrected chi connectivity index (χ2v) is 13.0. The number of para-hydroxylation sites is 1. The second kappa shape index (κ2) is 15.2. The van der Waals surface area contributed by atoms with E-state index in [9.17, 15) is 19.2 Å². The van der Waals surface area contributed by atoms with Crippen LogP contribution in [0.25, 0.3) is 11.8 Å². The maximum absolute atomic E-state index is 13.4. The number of nitrogens with one attached hydrogen (secondary N) is 3. The lowest BCUT2D eigenvalue weighted by Crippen LogP contribution is -2.30. The van der Waals surface area contributed by atoms with Gasteiger partial charge in [0.1, 0.15) is 11.4 Å². The Balaban J connectivity index is 1.27. The summed E-state index contributed by atoms with van der Waals surface area (Å²) in [5.74, 6) is -1.36. The quantitative estimate of drug-likeness (QED) is 0.104. The number of benzene rings is 4. The number of rotatable bonds is 10. The number of carbonyl (C=O) groups is 3. The van der Waals surface area contributed by atoms with E-state index in [0.717, 1.165) is 4.90 Å². The first-order chi connectivity index (χ1) is 23.0. The molecule has 0 aliphatic carbocycles. The Bertz CT molecular complexity index is 2060. The summed E-state index contributed by atoms with van der Waals surface area (Å²) in [5.41, 5.74) is 2.52. The number of anilines is 2. The number of hydrogen-bond donors (Lipinski definition) is 3. The third-order valence-corrected chi connectivity index (χ3v) is 9.06. The van der Waals surface area contributed by atoms with Gasteiger partial charge in [-0.15, -0.1) is 11.8 Å². The maximum atomic E-state index is 13.4. The molecule has 3 amide bonds. The fourth-order valence-electron chi connectivity index (χ4n) is 4.73. The molecule has 4 aromatic carbocycles. The third-order valence-electron chi connectivity index (χ3n) is 7.39. The van der Waals surface area contributed by atoms with Crippen LogP contribution in [0.1, 0.15) is 28.5 Å². The standard InChI is InChI=1S/C36H31Cl2N5O4S/c1-22-32(36(47)43(42(22)3)28-12-8-5-9-13-28)41-33(44)23(2)48-29-18-16-27(17-19-29)39-35(46)31(20-25-14-15-26(37)21-30(25)38)40-34(45)24-10-6-4-7-11-24/h4-21,23H,1-3H3,(H,39,46)(H,40,45)(H,41,44)/b31-20-. The highest BCUT2D eigenvalue weighted by Crippen LogP contribution is 2.27. The molecule has 0 aliphatic heterocycles. The van der Waals surface area contributed by atoms with Gasteiger partial charge in [-0.05, 0) is 86.2 Å². The number of thioether (sulfide) groups is 1. The molecule has 48 heavy (non-hydrogen) atoms. The first-order valence-corrected chi connectivity index (χ1v) is 16.4. The first-order valence-electron chi connectivity index (χ1n) is 14.8. The number of amides is 3. The molecule has 5 rings (SSSR count). The smallest absolute Gasteiger partial charge is 0.295 e. The van der Waals surface area contributed by atoms with Gasteiger partial charge in [-0.2, -0.15) is 0 Å². The summed E-state index contributed by atoms with van der Waals surface area (Å²) in [6.45, 7) is 3.52. The van der Waals surface area contributed by atoms with Gasteiger partial charge < -0.3 is 16.0 Å². The fourth-order valence-corrected chi connectivity index (χ4v) is 6.06. The summed E-state index contributed by atoms with van der Waals surface area (Å²) < 4.78 is 3.21. The molecule has 9 nitrogen and oxygen atoms in total. The Morgan fingerprint density at radius 2 is 1.50 bits per heavy atom. The summed E-state index contributed by atoms with van der Waals surface area (Å²) in [4.78, 5) is 53.5. The predicted molar refractivity (Wildman–Crippen MR) is 193 cm³/mol. The molecule has 3 N–H and O–H groups in total. The highest BCUT2D eigenvalue weighted by atomic mass is 35.5. The molecule has 1 aromatic heterocycles. The zero-order valence-electron chi connectivity index (χ0n) is 26.2. The molecule has 12 heteroatoms. The van der Waals surface area contributed by atoms with E-state index in [1.54, 1.807) is 98.4 Å². The number of carbonyl (C=O) groups excluding carboxylic acids is 3. The van der Waals surface area contributed by atoms with Gasteiger partial charge in [-0.25, -0.2) is 4.68 Å². The average molecular weight is 701 g/mol. The van der Waals surface area contributed by atoms with E-state index in [2.05, 4.69) is 16.0 Å². The van der Waals surface area contributed by atoms with Crippen LogP contribution >= 0.6 is 35.0 Å². The van der Waals surface area contributed by atoms with Crippen molar-refractivity contribution in [1.82, 2.24) is 14.7 Å². The number of hydrogen-bond acceptors (Lipinski definition) is 5. The van der Waals surface area contributed by atoms with E-state index in [4.69, 9.17) is 23.2 Å². The van der Waals surface area contributed by atoms with Crippen LogP contribution in [-0.4, -0.2) is 32.3 Å². The van der Waals surface area contributed by atoms with E-state index >= 15 is 0 Å². The van der Waals surface area contributed by atoms with Crippen LogP contribution in [0, 0.1) is 6.92 Å². The van der Waals surface area contributed by atoms with Crippen molar-refractivity contribution in [3.63, 3.8) is 0 Å². The van der Waals surface area contributed by atoms with Crippen molar-refractivity contribution in [2.75, 3.05) is 10.6 Å². The Kier molecular flexibility index (Phi) is 10.9. The van der Waals surface area contributed by atoms with Crippen LogP contribution in [0.4, 0.5) is 11.4 Å². The monoisotopic (exact) mass is 699 g/mol. The molecule has 244 valence electrons. The minimum Gasteiger partial charge on any atom is -0.321 e. The van der Waals surface area contributed by atoms with Crippen LogP contribution in [0.15, 0.2) is 119 Å². The molecule has 5 aromatic rings. The van der Waals surface area contributed by atoms with Crippen LogP contribution in [0.3, 0.4) is 0 Å². The Morgan fingerprint density at radius 1 is 0.854 bits per heavy atom. The molecular formula is C36H31Cl2N5O4S. The Hall–Kier alpha value is -5.03.